The van der Waals surface area contributed by atoms with Gasteiger partial charge in [-0.3, -0.25) is 0 Å². The minimum atomic E-state index is -3.66. The molecule has 5 nitrogen and oxygen atoms in total. The van der Waals surface area contributed by atoms with Gasteiger partial charge in [-0.2, -0.15) is 8.42 Å². The Morgan fingerprint density at radius 1 is 1.40 bits per heavy atom. The first-order valence-corrected chi connectivity index (χ1v) is 4.25. The molecule has 0 aliphatic rings. The van der Waals surface area contributed by atoms with Crippen LogP contribution in [0, 0.1) is 0 Å². The van der Waals surface area contributed by atoms with Crippen LogP contribution in [0.15, 0.2) is 0 Å². The summed E-state index contributed by atoms with van der Waals surface area (Å²) in [6, 6.07) is 0. The van der Waals surface area contributed by atoms with Crippen LogP contribution in [0.3, 0.4) is 0 Å². The summed E-state index contributed by atoms with van der Waals surface area (Å²) in [6.07, 6.45) is -0.0727. The quantitative estimate of drug-likeness (QED) is 0.500. The maximum Gasteiger partial charge on any atom is 0.424 e. The van der Waals surface area contributed by atoms with Gasteiger partial charge in [0, 0.05) is 14.1 Å². The summed E-state index contributed by atoms with van der Waals surface area (Å²) in [5, 5.41) is 0. The van der Waals surface area contributed by atoms with Gasteiger partial charge in [-0.15, -0.1) is 0 Å². The molecular weight excluding hydrogens is 158 g/mol. The lowest BCUT2D eigenvalue weighted by atomic mass is 10.9. The Labute approximate surface area is 59.7 Å². The monoisotopic (exact) mass is 167 g/mol. The molecule has 0 fully saturated rings. The molecule has 0 radical (unpaired) electrons. The fourth-order valence-corrected chi connectivity index (χ4v) is 0.612. The van der Waals surface area contributed by atoms with Gasteiger partial charge in [-0.1, -0.05) is 0 Å². The molecule has 0 atom stereocenters. The molecule has 0 unspecified atom stereocenters. The highest BCUT2D eigenvalue weighted by atomic mass is 32.2. The van der Waals surface area contributed by atoms with E-state index in [-0.39, 0.29) is 0 Å². The van der Waals surface area contributed by atoms with Crippen molar-refractivity contribution in [2.24, 2.45) is 0 Å². The van der Waals surface area contributed by atoms with Crippen molar-refractivity contribution in [1.29, 1.82) is 0 Å². The molecular formula is C4H9NO4S. The third-order valence-electron chi connectivity index (χ3n) is 0.588. The van der Waals surface area contributed by atoms with E-state index in [2.05, 4.69) is 4.18 Å². The van der Waals surface area contributed by atoms with Crippen molar-refractivity contribution in [3.05, 3.63) is 0 Å². The van der Waals surface area contributed by atoms with Gasteiger partial charge in [0.25, 0.3) is 0 Å². The molecule has 0 aromatic heterocycles. The molecule has 1 amide bonds. The zero-order chi connectivity index (χ0) is 8.36. The molecule has 0 aromatic carbocycles. The minimum Gasteiger partial charge on any atom is -0.328 e. The van der Waals surface area contributed by atoms with E-state index in [0.29, 0.717) is 0 Å². The number of hydrogen-bond acceptors (Lipinski definition) is 4. The third kappa shape index (κ3) is 4.13. The largest absolute Gasteiger partial charge is 0.424 e. The molecule has 0 saturated carbocycles. The maximum absolute atomic E-state index is 10.5. The van der Waals surface area contributed by atoms with Crippen LogP contribution in [0.5, 0.6) is 0 Å². The van der Waals surface area contributed by atoms with Gasteiger partial charge in [0.05, 0.1) is 6.26 Å². The van der Waals surface area contributed by atoms with E-state index in [1.54, 1.807) is 0 Å². The highest BCUT2D eigenvalue weighted by Crippen LogP contribution is 1.91. The number of hydrogen-bond donors (Lipinski definition) is 0. The molecule has 0 aromatic rings. The summed E-state index contributed by atoms with van der Waals surface area (Å²) in [4.78, 5) is 11.5. The normalized spacial score (nSPS) is 10.7. The number of carbonyl (C=O) groups is 1. The molecule has 0 saturated heterocycles. The Bertz CT molecular complexity index is 217. The fraction of sp³-hybridized carbons (Fsp3) is 0.750. The molecule has 0 spiro atoms. The highest BCUT2D eigenvalue weighted by molar-refractivity contribution is 7.86. The Morgan fingerprint density at radius 3 is 1.90 bits per heavy atom. The second-order valence-corrected chi connectivity index (χ2v) is 3.52. The Morgan fingerprint density at radius 2 is 1.80 bits per heavy atom. The van der Waals surface area contributed by atoms with Crippen molar-refractivity contribution in [1.82, 2.24) is 4.90 Å². The lowest BCUT2D eigenvalue weighted by Gasteiger charge is -2.07. The van der Waals surface area contributed by atoms with Crippen molar-refractivity contribution in [3.63, 3.8) is 0 Å². The van der Waals surface area contributed by atoms with Crippen LogP contribution in [0.1, 0.15) is 0 Å². The van der Waals surface area contributed by atoms with Crippen LogP contribution < -0.4 is 0 Å². The van der Waals surface area contributed by atoms with Crippen molar-refractivity contribution in [3.8, 4) is 0 Å². The first-order valence-electron chi connectivity index (χ1n) is 2.43. The summed E-state index contributed by atoms with van der Waals surface area (Å²) in [6.45, 7) is 0. The van der Waals surface area contributed by atoms with E-state index < -0.39 is 16.2 Å². The average molecular weight is 167 g/mol. The fourth-order valence-electron chi connectivity index (χ4n) is 0.204. The number of nitrogens with zero attached hydrogens (tertiary/aromatic N) is 1. The van der Waals surface area contributed by atoms with Gasteiger partial charge in [0.2, 0.25) is 0 Å². The molecule has 0 aliphatic heterocycles. The number of carbonyl (C=O) groups excluding carboxylic acids is 1. The van der Waals surface area contributed by atoms with Crippen LogP contribution in [-0.2, 0) is 14.3 Å². The zero-order valence-corrected chi connectivity index (χ0v) is 6.80. The van der Waals surface area contributed by atoms with Crippen molar-refractivity contribution >= 4 is 16.2 Å². The Balaban J connectivity index is 4.07. The Kier molecular flexibility index (Phi) is 2.65. The van der Waals surface area contributed by atoms with E-state index in [4.69, 9.17) is 0 Å². The summed E-state index contributed by atoms with van der Waals surface area (Å²) in [5.41, 5.74) is 0. The number of amides is 1. The zero-order valence-electron chi connectivity index (χ0n) is 5.99. The van der Waals surface area contributed by atoms with Gasteiger partial charge in [0.15, 0.2) is 0 Å². The van der Waals surface area contributed by atoms with Crippen LogP contribution >= 0.6 is 0 Å². The SMILES string of the molecule is CN(C)C(=O)OS(C)(=O)=O. The van der Waals surface area contributed by atoms with Crippen molar-refractivity contribution < 1.29 is 17.4 Å². The predicted molar refractivity (Wildman–Crippen MR) is 35.0 cm³/mol. The molecule has 0 aliphatic carbocycles. The van der Waals surface area contributed by atoms with Crippen molar-refractivity contribution in [2.45, 2.75) is 0 Å². The van der Waals surface area contributed by atoms with Crippen LogP contribution in [0.2, 0.25) is 0 Å². The van der Waals surface area contributed by atoms with E-state index in [1.165, 1.54) is 14.1 Å². The summed E-state index contributed by atoms with van der Waals surface area (Å²) >= 11 is 0. The molecule has 0 heterocycles. The van der Waals surface area contributed by atoms with Crippen LogP contribution in [-0.4, -0.2) is 39.8 Å². The Hall–Kier alpha value is -0.780. The van der Waals surface area contributed by atoms with E-state index in [1.807, 2.05) is 0 Å². The topological polar surface area (TPSA) is 63.7 Å². The van der Waals surface area contributed by atoms with Crippen LogP contribution in [0.25, 0.3) is 0 Å². The number of rotatable bonds is 1. The predicted octanol–water partition coefficient (Wildman–Crippen LogP) is -0.356. The average Bonchev–Trinajstić information content (AvgIpc) is 1.60. The van der Waals surface area contributed by atoms with Gasteiger partial charge in [-0.25, -0.2) is 4.79 Å². The molecule has 0 N–H and O–H groups in total. The first kappa shape index (κ1) is 9.22. The third-order valence-corrected chi connectivity index (χ3v) is 1.03. The lowest BCUT2D eigenvalue weighted by Crippen LogP contribution is -2.25. The van der Waals surface area contributed by atoms with Gasteiger partial charge >= 0.3 is 16.2 Å². The second-order valence-electron chi connectivity index (χ2n) is 1.95. The van der Waals surface area contributed by atoms with Gasteiger partial charge in [0.1, 0.15) is 0 Å². The maximum atomic E-state index is 10.5. The molecule has 0 bridgehead atoms. The standard InChI is InChI=1S/C4H9NO4S/c1-5(2)4(6)9-10(3,7)8/h1-3H3. The van der Waals surface area contributed by atoms with Crippen LogP contribution in [0.4, 0.5) is 4.79 Å². The molecule has 60 valence electrons. The molecule has 6 heteroatoms. The summed E-state index contributed by atoms with van der Waals surface area (Å²) in [7, 11) is -0.867. The second kappa shape index (κ2) is 2.87. The van der Waals surface area contributed by atoms with Crippen molar-refractivity contribution in [2.75, 3.05) is 20.4 Å². The smallest absolute Gasteiger partial charge is 0.328 e. The summed E-state index contributed by atoms with van der Waals surface area (Å²) in [5.74, 6) is 0. The van der Waals surface area contributed by atoms with Gasteiger partial charge < -0.3 is 9.08 Å². The molecule has 0 rings (SSSR count). The van der Waals surface area contributed by atoms with E-state index >= 15 is 0 Å². The van der Waals surface area contributed by atoms with E-state index in [0.717, 1.165) is 11.2 Å². The summed E-state index contributed by atoms with van der Waals surface area (Å²) < 4.78 is 24.5. The minimum absolute atomic E-state index is 0.814. The van der Waals surface area contributed by atoms with E-state index in [9.17, 15) is 13.2 Å². The lowest BCUT2D eigenvalue weighted by molar-refractivity contribution is 0.174. The van der Waals surface area contributed by atoms with Gasteiger partial charge in [-0.05, 0) is 0 Å². The first-order chi connectivity index (χ1) is 4.33. The molecule has 10 heavy (non-hydrogen) atoms. The highest BCUT2D eigenvalue weighted by Gasteiger charge is 2.11.